The molecule has 5 heteroatoms. The fourth-order valence-electron chi connectivity index (χ4n) is 4.63. The van der Waals surface area contributed by atoms with Crippen molar-refractivity contribution in [2.24, 2.45) is 0 Å². The van der Waals surface area contributed by atoms with Crippen molar-refractivity contribution in [3.63, 3.8) is 0 Å². The molecule has 5 nitrogen and oxygen atoms in total. The molecule has 0 unspecified atom stereocenters. The number of carbonyl (C=O) groups excluding carboxylic acids is 1. The molecule has 0 saturated heterocycles. The quantitative estimate of drug-likeness (QED) is 0.279. The molecule has 1 amide bonds. The second-order valence-electron chi connectivity index (χ2n) is 8.79. The van der Waals surface area contributed by atoms with Crippen LogP contribution in [0.1, 0.15) is 28.2 Å². The van der Waals surface area contributed by atoms with Crippen molar-refractivity contribution in [1.82, 2.24) is 5.32 Å². The van der Waals surface area contributed by atoms with Crippen LogP contribution in [0.25, 0.3) is 17.2 Å². The van der Waals surface area contributed by atoms with Crippen molar-refractivity contribution < 1.29 is 19.0 Å². The Morgan fingerprint density at radius 3 is 2.22 bits per heavy atom. The highest BCUT2D eigenvalue weighted by atomic mass is 16.5. The first-order chi connectivity index (χ1) is 18.2. The molecule has 0 bridgehead atoms. The Bertz CT molecular complexity index is 1350. The Morgan fingerprint density at radius 2 is 1.51 bits per heavy atom. The third-order valence-electron chi connectivity index (χ3n) is 6.44. The van der Waals surface area contributed by atoms with Crippen molar-refractivity contribution in [3.8, 4) is 22.6 Å². The third-order valence-corrected chi connectivity index (χ3v) is 6.44. The number of rotatable bonds is 9. The van der Waals surface area contributed by atoms with E-state index in [0.717, 1.165) is 11.1 Å². The van der Waals surface area contributed by atoms with Crippen molar-refractivity contribution in [3.05, 3.63) is 125 Å². The Hall–Kier alpha value is -4.51. The topological polar surface area (TPSA) is 56.8 Å². The van der Waals surface area contributed by atoms with Crippen LogP contribution in [0.4, 0.5) is 4.79 Å². The number of ether oxygens (including phenoxy) is 3. The maximum absolute atomic E-state index is 12.4. The maximum atomic E-state index is 12.4. The lowest BCUT2D eigenvalue weighted by atomic mass is 9.98. The summed E-state index contributed by atoms with van der Waals surface area (Å²) >= 11 is 0. The number of nitrogens with one attached hydrogen (secondary N) is 1. The minimum absolute atomic E-state index is 0.0452. The zero-order chi connectivity index (χ0) is 25.5. The van der Waals surface area contributed by atoms with Crippen LogP contribution in [0.15, 0.2) is 103 Å². The molecule has 0 fully saturated rings. The van der Waals surface area contributed by atoms with E-state index in [4.69, 9.17) is 14.2 Å². The molecule has 0 spiro atoms. The highest BCUT2D eigenvalue weighted by Gasteiger charge is 2.28. The van der Waals surface area contributed by atoms with E-state index in [2.05, 4.69) is 29.6 Å². The second kappa shape index (κ2) is 11.5. The molecule has 4 aromatic carbocycles. The van der Waals surface area contributed by atoms with E-state index in [9.17, 15) is 4.79 Å². The predicted molar refractivity (Wildman–Crippen MR) is 146 cm³/mol. The summed E-state index contributed by atoms with van der Waals surface area (Å²) in [6.07, 6.45) is 3.36. The summed E-state index contributed by atoms with van der Waals surface area (Å²) in [5.74, 6) is 1.38. The monoisotopic (exact) mass is 491 g/mol. The SMILES string of the molecule is COc1cc(C=CCNC(=O)OCC2c3ccccc3-c3ccccc32)ccc1OCc1ccccc1. The summed E-state index contributed by atoms with van der Waals surface area (Å²) in [6.45, 7) is 1.12. The van der Waals surface area contributed by atoms with Gasteiger partial charge in [-0.15, -0.1) is 0 Å². The summed E-state index contributed by atoms with van der Waals surface area (Å²) in [7, 11) is 1.62. The molecule has 1 aliphatic rings. The fourth-order valence-corrected chi connectivity index (χ4v) is 4.63. The lowest BCUT2D eigenvalue weighted by Crippen LogP contribution is -2.26. The number of fused-ring (bicyclic) bond motifs is 3. The van der Waals surface area contributed by atoms with Crippen molar-refractivity contribution >= 4 is 12.2 Å². The molecule has 4 aromatic rings. The average Bonchev–Trinajstić information content (AvgIpc) is 3.27. The molecule has 1 N–H and O–H groups in total. The van der Waals surface area contributed by atoms with Crippen LogP contribution in [-0.4, -0.2) is 26.4 Å². The number of hydrogen-bond donors (Lipinski definition) is 1. The fraction of sp³-hybridized carbons (Fsp3) is 0.156. The standard InChI is InChI=1S/C32H29NO4/c1-35-31-20-23(17-18-30(31)36-21-24-10-3-2-4-11-24)12-9-19-33-32(34)37-22-29-27-15-7-5-13-25(27)26-14-6-8-16-28(26)29/h2-18,20,29H,19,21-22H2,1H3,(H,33,34). The van der Waals surface area contributed by atoms with Gasteiger partial charge in [-0.05, 0) is 45.5 Å². The van der Waals surface area contributed by atoms with E-state index in [1.54, 1.807) is 7.11 Å². The van der Waals surface area contributed by atoms with Gasteiger partial charge in [0, 0.05) is 12.5 Å². The molecule has 37 heavy (non-hydrogen) atoms. The van der Waals surface area contributed by atoms with Gasteiger partial charge >= 0.3 is 6.09 Å². The van der Waals surface area contributed by atoms with Crippen LogP contribution in [0.3, 0.4) is 0 Å². The molecule has 5 rings (SSSR count). The van der Waals surface area contributed by atoms with Gasteiger partial charge in [0.25, 0.3) is 0 Å². The summed E-state index contributed by atoms with van der Waals surface area (Å²) in [4.78, 5) is 12.4. The molecular weight excluding hydrogens is 462 g/mol. The highest BCUT2D eigenvalue weighted by molar-refractivity contribution is 5.79. The van der Waals surface area contributed by atoms with E-state index in [1.165, 1.54) is 22.3 Å². The number of carbonyl (C=O) groups is 1. The number of amides is 1. The number of hydrogen-bond acceptors (Lipinski definition) is 4. The van der Waals surface area contributed by atoms with Crippen LogP contribution in [-0.2, 0) is 11.3 Å². The van der Waals surface area contributed by atoms with Crippen molar-refractivity contribution in [1.29, 1.82) is 0 Å². The van der Waals surface area contributed by atoms with Gasteiger partial charge < -0.3 is 19.5 Å². The van der Waals surface area contributed by atoms with Gasteiger partial charge in [0.05, 0.1) is 7.11 Å². The Kier molecular flexibility index (Phi) is 7.51. The smallest absolute Gasteiger partial charge is 0.407 e. The van der Waals surface area contributed by atoms with Crippen LogP contribution in [0.2, 0.25) is 0 Å². The molecule has 186 valence electrons. The minimum atomic E-state index is -0.436. The maximum Gasteiger partial charge on any atom is 0.407 e. The highest BCUT2D eigenvalue weighted by Crippen LogP contribution is 2.44. The zero-order valence-electron chi connectivity index (χ0n) is 20.7. The van der Waals surface area contributed by atoms with E-state index in [1.807, 2.05) is 84.9 Å². The zero-order valence-corrected chi connectivity index (χ0v) is 20.7. The van der Waals surface area contributed by atoms with Crippen LogP contribution in [0.5, 0.6) is 11.5 Å². The Balaban J connectivity index is 1.12. The Morgan fingerprint density at radius 1 is 0.838 bits per heavy atom. The second-order valence-corrected chi connectivity index (χ2v) is 8.79. The van der Waals surface area contributed by atoms with Gasteiger partial charge in [0.15, 0.2) is 11.5 Å². The molecule has 0 saturated carbocycles. The summed E-state index contributed by atoms with van der Waals surface area (Å²) in [5.41, 5.74) is 6.85. The van der Waals surface area contributed by atoms with Gasteiger partial charge in [0.2, 0.25) is 0 Å². The lowest BCUT2D eigenvalue weighted by Gasteiger charge is -2.14. The van der Waals surface area contributed by atoms with Gasteiger partial charge in [-0.25, -0.2) is 4.79 Å². The van der Waals surface area contributed by atoms with E-state index < -0.39 is 6.09 Å². The van der Waals surface area contributed by atoms with Crippen molar-refractivity contribution in [2.75, 3.05) is 20.3 Å². The first-order valence-corrected chi connectivity index (χ1v) is 12.3. The molecular formula is C32H29NO4. The summed E-state index contributed by atoms with van der Waals surface area (Å²) in [6, 6.07) is 32.3. The molecule has 0 heterocycles. The van der Waals surface area contributed by atoms with E-state index in [0.29, 0.717) is 31.3 Å². The van der Waals surface area contributed by atoms with Gasteiger partial charge in [-0.1, -0.05) is 97.1 Å². The van der Waals surface area contributed by atoms with Crippen LogP contribution >= 0.6 is 0 Å². The lowest BCUT2D eigenvalue weighted by molar-refractivity contribution is 0.144. The Labute approximate surface area is 217 Å². The largest absolute Gasteiger partial charge is 0.493 e. The normalized spacial score (nSPS) is 12.1. The molecule has 0 aromatic heterocycles. The number of alkyl carbamates (subject to hydrolysis) is 1. The molecule has 0 aliphatic heterocycles. The molecule has 0 atom stereocenters. The van der Waals surface area contributed by atoms with Gasteiger partial charge in [0.1, 0.15) is 13.2 Å². The summed E-state index contributed by atoms with van der Waals surface area (Å²) < 4.78 is 17.0. The van der Waals surface area contributed by atoms with Crippen LogP contribution < -0.4 is 14.8 Å². The first kappa shape index (κ1) is 24.2. The minimum Gasteiger partial charge on any atom is -0.493 e. The molecule has 0 radical (unpaired) electrons. The predicted octanol–water partition coefficient (Wildman–Crippen LogP) is 6.83. The first-order valence-electron chi connectivity index (χ1n) is 12.3. The van der Waals surface area contributed by atoms with Gasteiger partial charge in [-0.3, -0.25) is 0 Å². The average molecular weight is 492 g/mol. The number of methoxy groups -OCH3 is 1. The van der Waals surface area contributed by atoms with E-state index in [-0.39, 0.29) is 5.92 Å². The third kappa shape index (κ3) is 5.67. The number of benzene rings is 4. The summed E-state index contributed by atoms with van der Waals surface area (Å²) in [5, 5.41) is 2.80. The molecule has 1 aliphatic carbocycles. The van der Waals surface area contributed by atoms with E-state index >= 15 is 0 Å². The van der Waals surface area contributed by atoms with Crippen LogP contribution in [0, 0.1) is 0 Å². The van der Waals surface area contributed by atoms with Crippen molar-refractivity contribution in [2.45, 2.75) is 12.5 Å². The van der Waals surface area contributed by atoms with Gasteiger partial charge in [-0.2, -0.15) is 0 Å².